The number of piperidine rings is 1. The summed E-state index contributed by atoms with van der Waals surface area (Å²) in [6.07, 6.45) is 4.29. The first kappa shape index (κ1) is 10.6. The van der Waals surface area contributed by atoms with Gasteiger partial charge in [-0.2, -0.15) is 5.10 Å². The van der Waals surface area contributed by atoms with Crippen LogP contribution in [0.25, 0.3) is 0 Å². The summed E-state index contributed by atoms with van der Waals surface area (Å²) in [6.45, 7) is 4.40. The fraction of sp³-hybridized carbons (Fsp3) is 0.727. The summed E-state index contributed by atoms with van der Waals surface area (Å²) in [4.78, 5) is 2.42. The lowest BCUT2D eigenvalue weighted by molar-refractivity contribution is 0.168. The number of nitrogens with one attached hydrogen (secondary N) is 2. The van der Waals surface area contributed by atoms with Crippen molar-refractivity contribution in [3.63, 3.8) is 0 Å². The maximum absolute atomic E-state index is 3.94. The predicted octanol–water partition coefficient (Wildman–Crippen LogP) is 0.982. The second-order valence-corrected chi connectivity index (χ2v) is 4.51. The number of aromatic nitrogens is 2. The molecule has 4 heteroatoms. The van der Waals surface area contributed by atoms with Gasteiger partial charge in [0.1, 0.15) is 0 Å². The monoisotopic (exact) mass is 208 g/mol. The van der Waals surface area contributed by atoms with Crippen LogP contribution in [-0.2, 0) is 6.54 Å². The normalized spacial score (nSPS) is 28.1. The molecule has 84 valence electrons. The number of H-pyrrole nitrogens is 1. The molecule has 0 amide bonds. The first-order chi connectivity index (χ1) is 7.25. The van der Waals surface area contributed by atoms with Crippen molar-refractivity contribution in [1.29, 1.82) is 0 Å². The minimum Gasteiger partial charge on any atom is -0.308 e. The molecule has 1 aliphatic rings. The molecule has 2 N–H and O–H groups in total. The fourth-order valence-corrected chi connectivity index (χ4v) is 2.11. The Balaban J connectivity index is 1.76. The van der Waals surface area contributed by atoms with Crippen LogP contribution in [0.3, 0.4) is 0 Å². The molecule has 2 rings (SSSR count). The van der Waals surface area contributed by atoms with Crippen LogP contribution >= 0.6 is 0 Å². The highest BCUT2D eigenvalue weighted by Gasteiger charge is 2.21. The number of nitrogens with zero attached hydrogens (tertiary/aromatic N) is 2. The first-order valence-corrected chi connectivity index (χ1v) is 5.67. The van der Waals surface area contributed by atoms with E-state index in [4.69, 9.17) is 0 Å². The lowest BCUT2D eigenvalue weighted by Crippen LogP contribution is -2.45. The number of hydrogen-bond donors (Lipinski definition) is 2. The first-order valence-electron chi connectivity index (χ1n) is 5.67. The Kier molecular flexibility index (Phi) is 3.38. The van der Waals surface area contributed by atoms with Crippen molar-refractivity contribution in [3.05, 3.63) is 18.0 Å². The summed E-state index contributed by atoms with van der Waals surface area (Å²) in [6, 6.07) is 3.36. The molecule has 2 heterocycles. The lowest BCUT2D eigenvalue weighted by Gasteiger charge is -2.35. The van der Waals surface area contributed by atoms with Gasteiger partial charge in [-0.1, -0.05) is 0 Å². The molecule has 0 radical (unpaired) electrons. The van der Waals surface area contributed by atoms with Crippen molar-refractivity contribution >= 4 is 0 Å². The summed E-state index contributed by atoms with van der Waals surface area (Å²) < 4.78 is 0. The molecule has 0 aliphatic carbocycles. The SMILES string of the molecule is CC1CC(NCc2ccn[nH]2)CCN1C. The van der Waals surface area contributed by atoms with E-state index < -0.39 is 0 Å². The average molecular weight is 208 g/mol. The Morgan fingerprint density at radius 2 is 2.53 bits per heavy atom. The largest absolute Gasteiger partial charge is 0.308 e. The number of rotatable bonds is 3. The van der Waals surface area contributed by atoms with Gasteiger partial charge in [-0.05, 0) is 39.4 Å². The van der Waals surface area contributed by atoms with Gasteiger partial charge in [0.15, 0.2) is 0 Å². The third kappa shape index (κ3) is 2.79. The molecule has 0 saturated carbocycles. The molecule has 15 heavy (non-hydrogen) atoms. The van der Waals surface area contributed by atoms with Gasteiger partial charge in [0.25, 0.3) is 0 Å². The smallest absolute Gasteiger partial charge is 0.0490 e. The molecule has 0 spiro atoms. The van der Waals surface area contributed by atoms with E-state index in [0.717, 1.165) is 6.54 Å². The van der Waals surface area contributed by atoms with E-state index in [0.29, 0.717) is 12.1 Å². The lowest BCUT2D eigenvalue weighted by atomic mass is 9.99. The van der Waals surface area contributed by atoms with E-state index in [1.165, 1.54) is 25.1 Å². The molecule has 2 unspecified atom stereocenters. The van der Waals surface area contributed by atoms with Gasteiger partial charge in [0.05, 0.1) is 0 Å². The van der Waals surface area contributed by atoms with Crippen LogP contribution in [0.1, 0.15) is 25.5 Å². The molecule has 1 saturated heterocycles. The zero-order chi connectivity index (χ0) is 10.7. The third-order valence-corrected chi connectivity index (χ3v) is 3.35. The minimum atomic E-state index is 0.652. The molecule has 1 fully saturated rings. The summed E-state index contributed by atoms with van der Waals surface area (Å²) in [5.74, 6) is 0. The van der Waals surface area contributed by atoms with Gasteiger partial charge in [-0.3, -0.25) is 5.10 Å². The topological polar surface area (TPSA) is 44.0 Å². The van der Waals surface area contributed by atoms with E-state index in [1.807, 2.05) is 6.07 Å². The highest BCUT2D eigenvalue weighted by atomic mass is 15.2. The molecule has 1 aromatic rings. The zero-order valence-electron chi connectivity index (χ0n) is 9.53. The van der Waals surface area contributed by atoms with Crippen LogP contribution in [-0.4, -0.2) is 40.8 Å². The Morgan fingerprint density at radius 1 is 1.67 bits per heavy atom. The van der Waals surface area contributed by atoms with Crippen molar-refractivity contribution in [2.45, 2.75) is 38.4 Å². The van der Waals surface area contributed by atoms with Crippen LogP contribution < -0.4 is 5.32 Å². The number of hydrogen-bond acceptors (Lipinski definition) is 3. The van der Waals surface area contributed by atoms with Crippen molar-refractivity contribution in [2.24, 2.45) is 0 Å². The third-order valence-electron chi connectivity index (χ3n) is 3.35. The number of likely N-dealkylation sites (tertiary alicyclic amines) is 1. The summed E-state index contributed by atoms with van der Waals surface area (Å²) in [5.41, 5.74) is 1.17. The highest BCUT2D eigenvalue weighted by Crippen LogP contribution is 2.15. The number of aromatic amines is 1. The molecule has 0 bridgehead atoms. The fourth-order valence-electron chi connectivity index (χ4n) is 2.11. The summed E-state index contributed by atoms with van der Waals surface area (Å²) in [7, 11) is 2.20. The second-order valence-electron chi connectivity index (χ2n) is 4.51. The van der Waals surface area contributed by atoms with Crippen molar-refractivity contribution in [2.75, 3.05) is 13.6 Å². The van der Waals surface area contributed by atoms with Gasteiger partial charge < -0.3 is 10.2 Å². The van der Waals surface area contributed by atoms with E-state index in [-0.39, 0.29) is 0 Å². The highest BCUT2D eigenvalue weighted by molar-refractivity contribution is 4.97. The molecular formula is C11H20N4. The molecule has 1 aromatic heterocycles. The Bertz CT molecular complexity index is 283. The summed E-state index contributed by atoms with van der Waals surface area (Å²) in [5, 5.41) is 10.5. The minimum absolute atomic E-state index is 0.652. The van der Waals surface area contributed by atoms with Gasteiger partial charge in [0.2, 0.25) is 0 Å². The molecule has 2 atom stereocenters. The Hall–Kier alpha value is -0.870. The van der Waals surface area contributed by atoms with Crippen molar-refractivity contribution < 1.29 is 0 Å². The predicted molar refractivity (Wildman–Crippen MR) is 60.5 cm³/mol. The van der Waals surface area contributed by atoms with Gasteiger partial charge in [-0.15, -0.1) is 0 Å². The molecule has 4 nitrogen and oxygen atoms in total. The van der Waals surface area contributed by atoms with Crippen LogP contribution in [0, 0.1) is 0 Å². The standard InChI is InChI=1S/C11H20N4/c1-9-7-10(4-6-15(9)2)12-8-11-3-5-13-14-11/h3,5,9-10,12H,4,6-8H2,1-2H3,(H,13,14). The van der Waals surface area contributed by atoms with Crippen LogP contribution in [0.15, 0.2) is 12.3 Å². The van der Waals surface area contributed by atoms with Gasteiger partial charge >= 0.3 is 0 Å². The second kappa shape index (κ2) is 4.77. The summed E-state index contributed by atoms with van der Waals surface area (Å²) >= 11 is 0. The Labute approximate surface area is 91.1 Å². The van der Waals surface area contributed by atoms with Crippen LogP contribution in [0.4, 0.5) is 0 Å². The maximum Gasteiger partial charge on any atom is 0.0490 e. The molecule has 0 aromatic carbocycles. The van der Waals surface area contributed by atoms with Crippen molar-refractivity contribution in [1.82, 2.24) is 20.4 Å². The van der Waals surface area contributed by atoms with Crippen LogP contribution in [0.5, 0.6) is 0 Å². The molecule has 1 aliphatic heterocycles. The van der Waals surface area contributed by atoms with Crippen molar-refractivity contribution in [3.8, 4) is 0 Å². The van der Waals surface area contributed by atoms with E-state index >= 15 is 0 Å². The van der Waals surface area contributed by atoms with Gasteiger partial charge in [0, 0.05) is 30.5 Å². The van der Waals surface area contributed by atoms with Crippen LogP contribution in [0.2, 0.25) is 0 Å². The zero-order valence-corrected chi connectivity index (χ0v) is 9.53. The molecular weight excluding hydrogens is 188 g/mol. The maximum atomic E-state index is 3.94. The Morgan fingerprint density at radius 3 is 3.20 bits per heavy atom. The quantitative estimate of drug-likeness (QED) is 0.778. The van der Waals surface area contributed by atoms with Gasteiger partial charge in [-0.25, -0.2) is 0 Å². The van der Waals surface area contributed by atoms with E-state index in [1.54, 1.807) is 6.20 Å². The average Bonchev–Trinajstić information content (AvgIpc) is 2.73. The van der Waals surface area contributed by atoms with E-state index in [9.17, 15) is 0 Å². The van der Waals surface area contributed by atoms with E-state index in [2.05, 4.69) is 34.4 Å².